The van der Waals surface area contributed by atoms with Crippen molar-refractivity contribution in [3.63, 3.8) is 0 Å². The van der Waals surface area contributed by atoms with Gasteiger partial charge in [-0.2, -0.15) is 5.10 Å². The summed E-state index contributed by atoms with van der Waals surface area (Å²) in [6.45, 7) is 2.64. The van der Waals surface area contributed by atoms with Crippen LogP contribution in [0, 0.1) is 0 Å². The lowest BCUT2D eigenvalue weighted by Crippen LogP contribution is -2.33. The zero-order valence-corrected chi connectivity index (χ0v) is 19.6. The Bertz CT molecular complexity index is 1070. The van der Waals surface area contributed by atoms with Crippen LogP contribution in [-0.4, -0.2) is 69.5 Å². The van der Waals surface area contributed by atoms with Crippen LogP contribution in [0.25, 0.3) is 22.6 Å². The second kappa shape index (κ2) is 11.2. The van der Waals surface area contributed by atoms with Crippen molar-refractivity contribution in [3.05, 3.63) is 18.7 Å². The number of aliphatic hydroxyl groups excluding tert-OH is 3. The molecule has 0 aromatic carbocycles. The molecule has 0 amide bonds. The van der Waals surface area contributed by atoms with E-state index in [0.717, 1.165) is 18.5 Å². The average molecular weight is 474 g/mol. The lowest BCUT2D eigenvalue weighted by atomic mass is 10.1. The predicted molar refractivity (Wildman–Crippen MR) is 127 cm³/mol. The number of aliphatic hydroxyl groups is 3. The SMILES string of the molecule is CCCCCCCCCCn1cc(-c2nc(N)c3ncn(C4O[C@H](CO)[C@@H](O)C4O)c3n2)cn1. The van der Waals surface area contributed by atoms with Gasteiger partial charge in [0.15, 0.2) is 23.5 Å². The van der Waals surface area contributed by atoms with Crippen LogP contribution in [0.15, 0.2) is 18.7 Å². The van der Waals surface area contributed by atoms with Gasteiger partial charge in [-0.05, 0) is 6.42 Å². The van der Waals surface area contributed by atoms with Gasteiger partial charge < -0.3 is 25.8 Å². The number of aryl methyl sites for hydroxylation is 1. The zero-order valence-electron chi connectivity index (χ0n) is 19.6. The summed E-state index contributed by atoms with van der Waals surface area (Å²) in [6.07, 6.45) is 10.8. The third kappa shape index (κ3) is 5.22. The van der Waals surface area contributed by atoms with Crippen molar-refractivity contribution in [3.8, 4) is 11.4 Å². The summed E-state index contributed by atoms with van der Waals surface area (Å²) in [5.74, 6) is 0.585. The van der Waals surface area contributed by atoms with Crippen LogP contribution in [0.4, 0.5) is 5.82 Å². The lowest BCUT2D eigenvalue weighted by Gasteiger charge is -2.16. The first kappa shape index (κ1) is 24.5. The van der Waals surface area contributed by atoms with E-state index in [0.29, 0.717) is 17.0 Å². The average Bonchev–Trinajstić information content (AvgIpc) is 3.54. The van der Waals surface area contributed by atoms with E-state index in [-0.39, 0.29) is 5.82 Å². The Morgan fingerprint density at radius 2 is 1.76 bits per heavy atom. The second-order valence-corrected chi connectivity index (χ2v) is 8.95. The highest BCUT2D eigenvalue weighted by atomic mass is 16.6. The minimum atomic E-state index is -1.25. The maximum absolute atomic E-state index is 10.4. The number of hydrogen-bond donors (Lipinski definition) is 4. The van der Waals surface area contributed by atoms with Gasteiger partial charge >= 0.3 is 0 Å². The van der Waals surface area contributed by atoms with Gasteiger partial charge in [0.2, 0.25) is 0 Å². The zero-order chi connectivity index (χ0) is 24.1. The van der Waals surface area contributed by atoms with E-state index in [1.54, 1.807) is 6.20 Å². The maximum atomic E-state index is 10.4. The molecule has 1 aliphatic heterocycles. The van der Waals surface area contributed by atoms with Crippen molar-refractivity contribution < 1.29 is 20.1 Å². The topological polar surface area (TPSA) is 157 Å². The highest BCUT2D eigenvalue weighted by Crippen LogP contribution is 2.32. The fraction of sp³-hybridized carbons (Fsp3) is 0.652. The molecule has 4 heterocycles. The van der Waals surface area contributed by atoms with E-state index in [1.807, 2.05) is 10.9 Å². The smallest absolute Gasteiger partial charge is 0.168 e. The Balaban J connectivity index is 1.43. The van der Waals surface area contributed by atoms with Crippen molar-refractivity contribution in [2.75, 3.05) is 12.3 Å². The van der Waals surface area contributed by atoms with Crippen molar-refractivity contribution in [2.45, 2.75) is 89.4 Å². The minimum absolute atomic E-state index is 0.196. The highest BCUT2D eigenvalue weighted by Gasteiger charge is 2.44. The molecule has 2 unspecified atom stereocenters. The van der Waals surface area contributed by atoms with Gasteiger partial charge in [-0.25, -0.2) is 15.0 Å². The van der Waals surface area contributed by atoms with Crippen LogP contribution in [0.3, 0.4) is 0 Å². The molecule has 4 atom stereocenters. The summed E-state index contributed by atoms with van der Waals surface area (Å²) in [6, 6.07) is 0. The number of ether oxygens (including phenoxy) is 1. The molecule has 186 valence electrons. The maximum Gasteiger partial charge on any atom is 0.168 e. The van der Waals surface area contributed by atoms with Crippen LogP contribution in [0.2, 0.25) is 0 Å². The number of nitrogens with zero attached hydrogens (tertiary/aromatic N) is 6. The Kier molecular flexibility index (Phi) is 8.09. The first-order valence-corrected chi connectivity index (χ1v) is 12.2. The number of unbranched alkanes of at least 4 members (excludes halogenated alkanes) is 7. The molecule has 34 heavy (non-hydrogen) atoms. The van der Waals surface area contributed by atoms with Crippen molar-refractivity contribution in [1.82, 2.24) is 29.3 Å². The van der Waals surface area contributed by atoms with E-state index in [4.69, 9.17) is 10.5 Å². The predicted octanol–water partition coefficient (Wildman–Crippen LogP) is 2.02. The van der Waals surface area contributed by atoms with E-state index < -0.39 is 31.1 Å². The van der Waals surface area contributed by atoms with Crippen molar-refractivity contribution in [2.24, 2.45) is 0 Å². The lowest BCUT2D eigenvalue weighted by molar-refractivity contribution is -0.0511. The van der Waals surface area contributed by atoms with Crippen molar-refractivity contribution in [1.29, 1.82) is 0 Å². The number of fused-ring (bicyclic) bond motifs is 1. The summed E-state index contributed by atoms with van der Waals surface area (Å²) in [4.78, 5) is 13.2. The van der Waals surface area contributed by atoms with E-state index >= 15 is 0 Å². The van der Waals surface area contributed by atoms with Crippen LogP contribution >= 0.6 is 0 Å². The Hall–Kier alpha value is -2.60. The Labute approximate surface area is 198 Å². The third-order valence-electron chi connectivity index (χ3n) is 6.37. The highest BCUT2D eigenvalue weighted by molar-refractivity contribution is 5.83. The third-order valence-corrected chi connectivity index (χ3v) is 6.37. The number of rotatable bonds is 12. The minimum Gasteiger partial charge on any atom is -0.394 e. The molecule has 0 aliphatic carbocycles. The molecule has 3 aromatic rings. The van der Waals surface area contributed by atoms with Gasteiger partial charge in [0.05, 0.1) is 24.7 Å². The molecular formula is C23H35N7O4. The van der Waals surface area contributed by atoms with Gasteiger partial charge in [-0.15, -0.1) is 0 Å². The quantitative estimate of drug-likeness (QED) is 0.289. The molecule has 0 spiro atoms. The van der Waals surface area contributed by atoms with Crippen LogP contribution < -0.4 is 5.73 Å². The molecule has 3 aromatic heterocycles. The normalized spacial score (nSPS) is 22.7. The fourth-order valence-electron chi connectivity index (χ4n) is 4.37. The first-order valence-electron chi connectivity index (χ1n) is 12.2. The number of anilines is 1. The molecule has 4 rings (SSSR count). The summed E-state index contributed by atoms with van der Waals surface area (Å²) >= 11 is 0. The van der Waals surface area contributed by atoms with Gasteiger partial charge in [0.1, 0.15) is 23.8 Å². The Morgan fingerprint density at radius 1 is 1.03 bits per heavy atom. The fourth-order valence-corrected chi connectivity index (χ4v) is 4.37. The van der Waals surface area contributed by atoms with Gasteiger partial charge in [0.25, 0.3) is 0 Å². The number of hydrogen-bond acceptors (Lipinski definition) is 9. The van der Waals surface area contributed by atoms with Gasteiger partial charge in [-0.3, -0.25) is 9.25 Å². The van der Waals surface area contributed by atoms with Crippen molar-refractivity contribution >= 4 is 17.0 Å². The molecule has 5 N–H and O–H groups in total. The molecule has 1 saturated heterocycles. The molecule has 11 heteroatoms. The number of nitrogen functional groups attached to an aromatic ring is 1. The number of imidazole rings is 1. The number of aromatic nitrogens is 6. The number of nitrogens with two attached hydrogens (primary N) is 1. The Morgan fingerprint density at radius 3 is 2.47 bits per heavy atom. The summed E-state index contributed by atoms with van der Waals surface area (Å²) in [5.41, 5.74) is 7.60. The molecule has 0 saturated carbocycles. The standard InChI is InChI=1S/C23H35N7O4/c1-2-3-4-5-6-7-8-9-10-29-12-15(11-26-29)21-27-20(24)17-22(28-21)30(14-25-17)23-19(33)18(32)16(13-31)34-23/h11-12,14,16,18-19,23,31-33H,2-10,13H2,1H3,(H2,24,27,28)/t16-,18-,19?,23?/m1/s1. The summed E-state index contributed by atoms with van der Waals surface area (Å²) in [7, 11) is 0. The van der Waals surface area contributed by atoms with Gasteiger partial charge in [-0.1, -0.05) is 51.9 Å². The first-order chi connectivity index (χ1) is 16.5. The molecular weight excluding hydrogens is 438 g/mol. The van der Waals surface area contributed by atoms with E-state index in [9.17, 15) is 15.3 Å². The van der Waals surface area contributed by atoms with E-state index in [1.165, 1.54) is 55.8 Å². The van der Waals surface area contributed by atoms with Crippen LogP contribution in [-0.2, 0) is 11.3 Å². The van der Waals surface area contributed by atoms with Crippen LogP contribution in [0.5, 0.6) is 0 Å². The molecule has 1 aliphatic rings. The summed E-state index contributed by atoms with van der Waals surface area (Å²) < 4.78 is 9.02. The van der Waals surface area contributed by atoms with Crippen LogP contribution in [0.1, 0.15) is 64.5 Å². The largest absolute Gasteiger partial charge is 0.394 e. The van der Waals surface area contributed by atoms with E-state index in [2.05, 4.69) is 27.0 Å². The van der Waals surface area contributed by atoms with Gasteiger partial charge in [0, 0.05) is 12.7 Å². The molecule has 1 fully saturated rings. The monoisotopic (exact) mass is 473 g/mol. The molecule has 11 nitrogen and oxygen atoms in total. The molecule has 0 bridgehead atoms. The molecule has 0 radical (unpaired) electrons. The second-order valence-electron chi connectivity index (χ2n) is 8.95. The summed E-state index contributed by atoms with van der Waals surface area (Å²) in [5, 5.41) is 34.3.